The standard InChI is InChI=1S/C19H22N2O/c1-5-16(22)18-17(15-9-8-12(2)11-14(15)4)20-19-13(3)7-6-10-21(18)19/h6-11,16,22H,5H2,1-4H3. The van der Waals surface area contributed by atoms with Crippen LogP contribution in [0, 0.1) is 20.8 Å². The van der Waals surface area contributed by atoms with Gasteiger partial charge in [-0.25, -0.2) is 4.98 Å². The molecule has 1 N–H and O–H groups in total. The summed E-state index contributed by atoms with van der Waals surface area (Å²) < 4.78 is 2.03. The molecule has 0 saturated heterocycles. The Bertz CT molecular complexity index is 833. The molecule has 0 amide bonds. The first-order chi connectivity index (χ1) is 10.5. The number of rotatable bonds is 3. The number of hydrogen-bond donors (Lipinski definition) is 1. The molecule has 0 bridgehead atoms. The van der Waals surface area contributed by atoms with E-state index in [-0.39, 0.29) is 0 Å². The van der Waals surface area contributed by atoms with Crippen molar-refractivity contribution < 1.29 is 5.11 Å². The molecule has 2 aromatic heterocycles. The molecule has 0 aliphatic rings. The van der Waals surface area contributed by atoms with Crippen LogP contribution in [0.3, 0.4) is 0 Å². The maximum atomic E-state index is 10.5. The Morgan fingerprint density at radius 3 is 2.59 bits per heavy atom. The highest BCUT2D eigenvalue weighted by Gasteiger charge is 2.21. The first-order valence-corrected chi connectivity index (χ1v) is 7.76. The lowest BCUT2D eigenvalue weighted by Gasteiger charge is -2.12. The molecule has 0 fully saturated rings. The largest absolute Gasteiger partial charge is 0.387 e. The molecular weight excluding hydrogens is 272 g/mol. The van der Waals surface area contributed by atoms with Crippen LogP contribution in [-0.2, 0) is 0 Å². The molecule has 3 nitrogen and oxygen atoms in total. The van der Waals surface area contributed by atoms with Crippen molar-refractivity contribution in [3.05, 3.63) is 58.9 Å². The lowest BCUT2D eigenvalue weighted by Crippen LogP contribution is -2.03. The predicted octanol–water partition coefficient (Wildman–Crippen LogP) is 4.37. The highest BCUT2D eigenvalue weighted by Crippen LogP contribution is 2.33. The number of fused-ring (bicyclic) bond motifs is 1. The predicted molar refractivity (Wildman–Crippen MR) is 90.1 cm³/mol. The maximum Gasteiger partial charge on any atom is 0.140 e. The smallest absolute Gasteiger partial charge is 0.140 e. The molecule has 22 heavy (non-hydrogen) atoms. The molecule has 0 saturated carbocycles. The van der Waals surface area contributed by atoms with Gasteiger partial charge in [-0.3, -0.25) is 0 Å². The second kappa shape index (κ2) is 5.58. The molecular formula is C19H22N2O. The van der Waals surface area contributed by atoms with Crippen molar-refractivity contribution in [3.8, 4) is 11.3 Å². The minimum absolute atomic E-state index is 0.521. The first-order valence-electron chi connectivity index (χ1n) is 7.76. The molecule has 1 atom stereocenters. The molecule has 1 aromatic carbocycles. The molecule has 3 heteroatoms. The van der Waals surface area contributed by atoms with Crippen LogP contribution in [0.5, 0.6) is 0 Å². The van der Waals surface area contributed by atoms with Crippen molar-refractivity contribution in [1.82, 2.24) is 9.38 Å². The van der Waals surface area contributed by atoms with Crippen molar-refractivity contribution in [2.45, 2.75) is 40.2 Å². The fourth-order valence-electron chi connectivity index (χ4n) is 3.01. The molecule has 0 aliphatic carbocycles. The van der Waals surface area contributed by atoms with E-state index in [9.17, 15) is 5.11 Å². The number of aryl methyl sites for hydroxylation is 3. The highest BCUT2D eigenvalue weighted by atomic mass is 16.3. The summed E-state index contributed by atoms with van der Waals surface area (Å²) in [6.07, 6.45) is 2.13. The Kier molecular flexibility index (Phi) is 3.75. The molecule has 3 aromatic rings. The SMILES string of the molecule is CCC(O)c1c(-c2ccc(C)cc2C)nc2c(C)cccn12. The average Bonchev–Trinajstić information content (AvgIpc) is 2.87. The van der Waals surface area contributed by atoms with Crippen LogP contribution >= 0.6 is 0 Å². The van der Waals surface area contributed by atoms with E-state index in [1.165, 1.54) is 11.1 Å². The van der Waals surface area contributed by atoms with Gasteiger partial charge in [-0.05, 0) is 44.4 Å². The number of imidazole rings is 1. The Morgan fingerprint density at radius 1 is 1.14 bits per heavy atom. The van der Waals surface area contributed by atoms with Gasteiger partial charge in [-0.1, -0.05) is 36.8 Å². The summed E-state index contributed by atoms with van der Waals surface area (Å²) in [6.45, 7) is 8.23. The third-order valence-electron chi connectivity index (χ3n) is 4.22. The molecule has 2 heterocycles. The Labute approximate surface area is 131 Å². The van der Waals surface area contributed by atoms with E-state index < -0.39 is 6.10 Å². The zero-order valence-corrected chi connectivity index (χ0v) is 13.6. The van der Waals surface area contributed by atoms with Crippen LogP contribution in [-0.4, -0.2) is 14.5 Å². The van der Waals surface area contributed by atoms with Gasteiger partial charge < -0.3 is 9.51 Å². The van der Waals surface area contributed by atoms with Crippen LogP contribution in [0.2, 0.25) is 0 Å². The molecule has 3 rings (SSSR count). The normalized spacial score (nSPS) is 12.8. The molecule has 0 aliphatic heterocycles. The van der Waals surface area contributed by atoms with E-state index in [0.717, 1.165) is 28.2 Å². The van der Waals surface area contributed by atoms with E-state index >= 15 is 0 Å². The second-order valence-corrected chi connectivity index (χ2v) is 5.97. The Morgan fingerprint density at radius 2 is 1.91 bits per heavy atom. The zero-order chi connectivity index (χ0) is 15.9. The van der Waals surface area contributed by atoms with Crippen LogP contribution in [0.4, 0.5) is 0 Å². The Balaban J connectivity index is 2.35. The monoisotopic (exact) mass is 294 g/mol. The minimum atomic E-state index is -0.521. The van der Waals surface area contributed by atoms with Gasteiger partial charge in [0.2, 0.25) is 0 Å². The van der Waals surface area contributed by atoms with E-state index in [1.54, 1.807) is 0 Å². The summed E-state index contributed by atoms with van der Waals surface area (Å²) in [6, 6.07) is 10.4. The van der Waals surface area contributed by atoms with Gasteiger partial charge >= 0.3 is 0 Å². The third-order valence-corrected chi connectivity index (χ3v) is 4.22. The number of pyridine rings is 1. The van der Waals surface area contributed by atoms with E-state index in [0.29, 0.717) is 6.42 Å². The first kappa shape index (κ1) is 14.8. The average molecular weight is 294 g/mol. The van der Waals surface area contributed by atoms with Crippen molar-refractivity contribution in [2.75, 3.05) is 0 Å². The van der Waals surface area contributed by atoms with Gasteiger partial charge in [0.15, 0.2) is 0 Å². The molecule has 114 valence electrons. The van der Waals surface area contributed by atoms with Gasteiger partial charge in [0.25, 0.3) is 0 Å². The summed E-state index contributed by atoms with van der Waals surface area (Å²) in [5.41, 5.74) is 7.32. The minimum Gasteiger partial charge on any atom is -0.387 e. The van der Waals surface area contributed by atoms with Crippen molar-refractivity contribution in [3.63, 3.8) is 0 Å². The van der Waals surface area contributed by atoms with Crippen LogP contribution in [0.15, 0.2) is 36.5 Å². The van der Waals surface area contributed by atoms with Gasteiger partial charge in [-0.2, -0.15) is 0 Å². The molecule has 1 unspecified atom stereocenters. The quantitative estimate of drug-likeness (QED) is 0.779. The summed E-state index contributed by atoms with van der Waals surface area (Å²) >= 11 is 0. The third kappa shape index (κ3) is 2.32. The second-order valence-electron chi connectivity index (χ2n) is 5.97. The van der Waals surface area contributed by atoms with Crippen molar-refractivity contribution >= 4 is 5.65 Å². The number of benzene rings is 1. The van der Waals surface area contributed by atoms with E-state index in [1.807, 2.05) is 23.6 Å². The van der Waals surface area contributed by atoms with Crippen LogP contribution in [0.1, 0.15) is 41.8 Å². The summed E-state index contributed by atoms with van der Waals surface area (Å²) in [5, 5.41) is 10.5. The lowest BCUT2D eigenvalue weighted by molar-refractivity contribution is 0.168. The zero-order valence-electron chi connectivity index (χ0n) is 13.6. The molecule has 0 radical (unpaired) electrons. The summed E-state index contributed by atoms with van der Waals surface area (Å²) in [5.74, 6) is 0. The Hall–Kier alpha value is -2.13. The van der Waals surface area contributed by atoms with Gasteiger partial charge in [0, 0.05) is 11.8 Å². The van der Waals surface area contributed by atoms with Crippen molar-refractivity contribution in [2.24, 2.45) is 0 Å². The fraction of sp³-hybridized carbons (Fsp3) is 0.316. The topological polar surface area (TPSA) is 37.5 Å². The number of aliphatic hydroxyl groups excluding tert-OH is 1. The number of aromatic nitrogens is 2. The number of hydrogen-bond acceptors (Lipinski definition) is 2. The lowest BCUT2D eigenvalue weighted by atomic mass is 10.00. The van der Waals surface area contributed by atoms with Gasteiger partial charge in [0.1, 0.15) is 5.65 Å². The highest BCUT2D eigenvalue weighted by molar-refractivity contribution is 5.71. The van der Waals surface area contributed by atoms with Gasteiger partial charge in [0.05, 0.1) is 17.5 Å². The fourth-order valence-corrected chi connectivity index (χ4v) is 3.01. The van der Waals surface area contributed by atoms with Gasteiger partial charge in [-0.15, -0.1) is 0 Å². The summed E-state index contributed by atoms with van der Waals surface area (Å²) in [4.78, 5) is 4.84. The van der Waals surface area contributed by atoms with Crippen LogP contribution in [0.25, 0.3) is 16.9 Å². The number of aliphatic hydroxyl groups is 1. The van der Waals surface area contributed by atoms with Crippen LogP contribution < -0.4 is 0 Å². The summed E-state index contributed by atoms with van der Waals surface area (Å²) in [7, 11) is 0. The van der Waals surface area contributed by atoms with E-state index in [2.05, 4.69) is 45.0 Å². The van der Waals surface area contributed by atoms with E-state index in [4.69, 9.17) is 4.98 Å². The molecule has 0 spiro atoms. The van der Waals surface area contributed by atoms with Crippen molar-refractivity contribution in [1.29, 1.82) is 0 Å². The maximum absolute atomic E-state index is 10.5. The number of nitrogens with zero attached hydrogens (tertiary/aromatic N) is 2.